The Morgan fingerprint density at radius 3 is 2.77 bits per heavy atom. The molecule has 30 heavy (non-hydrogen) atoms. The molecule has 1 unspecified atom stereocenters. The molecule has 0 spiro atoms. The Balaban J connectivity index is 1.56. The Labute approximate surface area is 174 Å². The van der Waals surface area contributed by atoms with Crippen LogP contribution in [0.25, 0.3) is 0 Å². The molecule has 2 heterocycles. The van der Waals surface area contributed by atoms with Gasteiger partial charge in [0.1, 0.15) is 23.2 Å². The molecule has 1 saturated heterocycles. The van der Waals surface area contributed by atoms with Crippen molar-refractivity contribution < 1.29 is 33.9 Å². The number of fused-ring (bicyclic) bond motifs is 1. The summed E-state index contributed by atoms with van der Waals surface area (Å²) < 4.78 is 11.2. The number of carboxylic acids is 1. The highest BCUT2D eigenvalue weighted by Gasteiger charge is 2.35. The zero-order valence-corrected chi connectivity index (χ0v) is 16.8. The van der Waals surface area contributed by atoms with Crippen LogP contribution in [0.15, 0.2) is 12.1 Å². The van der Waals surface area contributed by atoms with E-state index in [-0.39, 0.29) is 54.0 Å². The van der Waals surface area contributed by atoms with Gasteiger partial charge >= 0.3 is 13.1 Å². The van der Waals surface area contributed by atoms with Crippen molar-refractivity contribution in [3.63, 3.8) is 0 Å². The number of hydrogen-bond donors (Lipinski definition) is 4. The lowest BCUT2D eigenvalue weighted by molar-refractivity contribution is -0.140. The van der Waals surface area contributed by atoms with Gasteiger partial charge in [-0.15, -0.1) is 0 Å². The Kier molecular flexibility index (Phi) is 6.83. The number of nitrogens with two attached hydrogens (primary N) is 1. The zero-order valence-electron chi connectivity index (χ0n) is 16.8. The van der Waals surface area contributed by atoms with Crippen LogP contribution in [-0.2, 0) is 16.0 Å². The molecule has 0 radical (unpaired) electrons. The monoisotopic (exact) mass is 419 g/mol. The molecule has 1 aromatic rings. The van der Waals surface area contributed by atoms with Crippen LogP contribution < -0.4 is 20.4 Å². The summed E-state index contributed by atoms with van der Waals surface area (Å²) in [6.07, 6.45) is 1.29. The number of aryl methyl sites for hydroxylation is 1. The third-order valence-electron chi connectivity index (χ3n) is 5.22. The summed E-state index contributed by atoms with van der Waals surface area (Å²) in [6.45, 7) is 2.34. The van der Waals surface area contributed by atoms with Crippen molar-refractivity contribution in [2.75, 3.05) is 19.6 Å². The molecular weight excluding hydrogens is 393 g/mol. The molecule has 2 aliphatic rings. The molecule has 0 aromatic heterocycles. The first-order valence-corrected chi connectivity index (χ1v) is 9.94. The molecule has 0 saturated carbocycles. The summed E-state index contributed by atoms with van der Waals surface area (Å²) in [6, 6.07) is 3.08. The van der Waals surface area contributed by atoms with E-state index < -0.39 is 13.1 Å². The number of benzene rings is 1. The first kappa shape index (κ1) is 21.9. The Morgan fingerprint density at radius 1 is 1.40 bits per heavy atom. The molecule has 0 bridgehead atoms. The van der Waals surface area contributed by atoms with Crippen molar-refractivity contribution in [1.29, 1.82) is 0 Å². The third-order valence-corrected chi connectivity index (χ3v) is 5.22. The van der Waals surface area contributed by atoms with Crippen molar-refractivity contribution in [2.45, 2.75) is 44.7 Å². The molecule has 1 fully saturated rings. The number of nitrogens with zero attached hydrogens (tertiary/aromatic N) is 1. The molecule has 2 amide bonds. The van der Waals surface area contributed by atoms with E-state index in [2.05, 4.69) is 5.32 Å². The number of aromatic carboxylic acids is 1. The SMILES string of the molecule is CC(=O)NC(CN)CCC(=O)N1CC(Oc2ccc3c(c2C(=O)O)OB(O)CC3)C1. The van der Waals surface area contributed by atoms with E-state index in [9.17, 15) is 24.5 Å². The number of carbonyl (C=O) groups is 3. The van der Waals surface area contributed by atoms with Crippen LogP contribution in [0.2, 0.25) is 6.32 Å². The molecule has 2 aliphatic heterocycles. The summed E-state index contributed by atoms with van der Waals surface area (Å²) in [5.74, 6) is -1.17. The van der Waals surface area contributed by atoms with Gasteiger partial charge in [0.2, 0.25) is 11.8 Å². The Hall–Kier alpha value is -2.79. The van der Waals surface area contributed by atoms with E-state index in [1.54, 1.807) is 17.0 Å². The van der Waals surface area contributed by atoms with Crippen LogP contribution >= 0.6 is 0 Å². The minimum absolute atomic E-state index is 0.0750. The number of carboxylic acid groups (broad SMARTS) is 1. The third kappa shape index (κ3) is 5.03. The highest BCUT2D eigenvalue weighted by Crippen LogP contribution is 2.37. The molecular formula is C19H26BN3O7. The average Bonchev–Trinajstić information content (AvgIpc) is 2.66. The lowest BCUT2D eigenvalue weighted by atomic mass is 9.78. The highest BCUT2D eigenvalue weighted by molar-refractivity contribution is 6.44. The fourth-order valence-corrected chi connectivity index (χ4v) is 3.60. The van der Waals surface area contributed by atoms with E-state index in [0.717, 1.165) is 0 Å². The molecule has 10 nitrogen and oxygen atoms in total. The van der Waals surface area contributed by atoms with E-state index in [1.165, 1.54) is 6.92 Å². The number of nitrogens with one attached hydrogen (secondary N) is 1. The molecule has 0 aliphatic carbocycles. The standard InChI is InChI=1S/C19H26BN3O7/c1-11(24)22-13(8-21)3-5-16(25)23-9-14(10-23)29-15-4-2-12-6-7-20(28)30-18(12)17(15)19(26)27/h2,4,13-14,28H,3,5-10,21H2,1H3,(H,22,24)(H,26,27). The summed E-state index contributed by atoms with van der Waals surface area (Å²) >= 11 is 0. The maximum absolute atomic E-state index is 12.3. The predicted molar refractivity (Wildman–Crippen MR) is 107 cm³/mol. The summed E-state index contributed by atoms with van der Waals surface area (Å²) in [5.41, 5.74) is 6.20. The largest absolute Gasteiger partial charge is 0.535 e. The van der Waals surface area contributed by atoms with Crippen molar-refractivity contribution in [2.24, 2.45) is 5.73 Å². The van der Waals surface area contributed by atoms with Crippen LogP contribution in [0, 0.1) is 0 Å². The second-order valence-corrected chi connectivity index (χ2v) is 7.55. The minimum atomic E-state index is -1.20. The lowest BCUT2D eigenvalue weighted by Gasteiger charge is -2.39. The number of rotatable bonds is 8. The van der Waals surface area contributed by atoms with Gasteiger partial charge in [0.05, 0.1) is 13.1 Å². The van der Waals surface area contributed by atoms with Crippen molar-refractivity contribution >= 4 is 24.9 Å². The Morgan fingerprint density at radius 2 is 2.13 bits per heavy atom. The van der Waals surface area contributed by atoms with Gasteiger partial charge in [-0.3, -0.25) is 9.59 Å². The summed E-state index contributed by atoms with van der Waals surface area (Å²) in [5, 5.41) is 22.0. The quantitative estimate of drug-likeness (QED) is 0.417. The predicted octanol–water partition coefficient (Wildman–Crippen LogP) is -0.367. The van der Waals surface area contributed by atoms with Crippen molar-refractivity contribution in [3.05, 3.63) is 23.3 Å². The molecule has 1 aromatic carbocycles. The van der Waals surface area contributed by atoms with Gasteiger partial charge in [-0.1, -0.05) is 6.07 Å². The van der Waals surface area contributed by atoms with E-state index in [4.69, 9.17) is 15.1 Å². The normalized spacial score (nSPS) is 16.8. The number of amides is 2. The van der Waals surface area contributed by atoms with Crippen molar-refractivity contribution in [1.82, 2.24) is 10.2 Å². The summed E-state index contributed by atoms with van der Waals surface area (Å²) in [4.78, 5) is 36.8. The zero-order chi connectivity index (χ0) is 21.8. The molecule has 3 rings (SSSR count). The van der Waals surface area contributed by atoms with E-state index >= 15 is 0 Å². The van der Waals surface area contributed by atoms with Gasteiger partial charge in [0.25, 0.3) is 0 Å². The number of carbonyl (C=O) groups excluding carboxylic acids is 2. The fourth-order valence-electron chi connectivity index (χ4n) is 3.60. The van der Waals surface area contributed by atoms with Gasteiger partial charge in [0.15, 0.2) is 0 Å². The Bertz CT molecular complexity index is 829. The van der Waals surface area contributed by atoms with Crippen molar-refractivity contribution in [3.8, 4) is 11.5 Å². The number of ether oxygens (including phenoxy) is 1. The van der Waals surface area contributed by atoms with Gasteiger partial charge in [-0.25, -0.2) is 4.79 Å². The van der Waals surface area contributed by atoms with Gasteiger partial charge in [0, 0.05) is 25.9 Å². The number of hydrogen-bond acceptors (Lipinski definition) is 7. The van der Waals surface area contributed by atoms with Crippen LogP contribution in [0.4, 0.5) is 0 Å². The second-order valence-electron chi connectivity index (χ2n) is 7.55. The second kappa shape index (κ2) is 9.35. The first-order valence-electron chi connectivity index (χ1n) is 9.94. The average molecular weight is 419 g/mol. The van der Waals surface area contributed by atoms with Crippen LogP contribution in [0.5, 0.6) is 11.5 Å². The van der Waals surface area contributed by atoms with E-state index in [1.807, 2.05) is 0 Å². The molecule has 1 atom stereocenters. The van der Waals surface area contributed by atoms with Crippen LogP contribution in [0.3, 0.4) is 0 Å². The topological polar surface area (TPSA) is 151 Å². The summed E-state index contributed by atoms with van der Waals surface area (Å²) in [7, 11) is -1.04. The maximum atomic E-state index is 12.3. The minimum Gasteiger partial charge on any atom is -0.535 e. The smallest absolute Gasteiger partial charge is 0.522 e. The molecule has 5 N–H and O–H groups in total. The van der Waals surface area contributed by atoms with Crippen LogP contribution in [-0.4, -0.2) is 71.7 Å². The van der Waals surface area contributed by atoms with Crippen LogP contribution in [0.1, 0.15) is 35.7 Å². The maximum Gasteiger partial charge on any atom is 0.522 e. The molecule has 11 heteroatoms. The van der Waals surface area contributed by atoms with Gasteiger partial charge in [-0.2, -0.15) is 0 Å². The molecule has 162 valence electrons. The van der Waals surface area contributed by atoms with E-state index in [0.29, 0.717) is 37.8 Å². The first-order chi connectivity index (χ1) is 14.3. The fraction of sp³-hybridized carbons (Fsp3) is 0.526. The van der Waals surface area contributed by atoms with Gasteiger partial charge < -0.3 is 35.5 Å². The lowest BCUT2D eigenvalue weighted by Crippen LogP contribution is -2.56. The number of likely N-dealkylation sites (tertiary alicyclic amines) is 1. The van der Waals surface area contributed by atoms with Gasteiger partial charge in [-0.05, 0) is 30.8 Å². The highest BCUT2D eigenvalue weighted by atomic mass is 16.5.